The summed E-state index contributed by atoms with van der Waals surface area (Å²) in [5, 5.41) is 19.2. The predicted molar refractivity (Wildman–Crippen MR) is 101 cm³/mol. The zero-order chi connectivity index (χ0) is 19.6. The lowest BCUT2D eigenvalue weighted by atomic mass is 9.89. The number of benzene rings is 2. The van der Waals surface area contributed by atoms with Crippen LogP contribution in [0.25, 0.3) is 11.1 Å². The van der Waals surface area contributed by atoms with Gasteiger partial charge in [0.15, 0.2) is 0 Å². The van der Waals surface area contributed by atoms with E-state index in [-0.39, 0.29) is 30.7 Å². The molecule has 2 atom stereocenters. The van der Waals surface area contributed by atoms with Gasteiger partial charge in [0.1, 0.15) is 11.9 Å². The van der Waals surface area contributed by atoms with Gasteiger partial charge in [0, 0.05) is 12.0 Å². The number of carbonyl (C=O) groups excluding carboxylic acids is 1. The fraction of sp³-hybridized carbons (Fsp3) is 0.409. The van der Waals surface area contributed by atoms with Crippen LogP contribution in [0, 0.1) is 19.7 Å². The Morgan fingerprint density at radius 2 is 2.00 bits per heavy atom. The molecule has 1 aliphatic heterocycles. The molecule has 27 heavy (non-hydrogen) atoms. The summed E-state index contributed by atoms with van der Waals surface area (Å²) in [7, 11) is 0. The van der Waals surface area contributed by atoms with Crippen LogP contribution in [0.4, 0.5) is 4.39 Å². The summed E-state index contributed by atoms with van der Waals surface area (Å²) in [6.07, 6.45) is 0.878. The number of aryl methyl sites for hydroxylation is 2. The molecule has 1 fully saturated rings. The minimum atomic E-state index is -0.640. The molecule has 0 radical (unpaired) electrons. The van der Waals surface area contributed by atoms with Gasteiger partial charge in [-0.3, -0.25) is 4.79 Å². The molecule has 0 saturated carbocycles. The van der Waals surface area contributed by atoms with Crippen molar-refractivity contribution in [2.45, 2.75) is 58.3 Å². The van der Waals surface area contributed by atoms with Crippen LogP contribution in [0.3, 0.4) is 0 Å². The van der Waals surface area contributed by atoms with Crippen molar-refractivity contribution in [3.63, 3.8) is 0 Å². The molecule has 1 heterocycles. The summed E-state index contributed by atoms with van der Waals surface area (Å²) >= 11 is 0. The van der Waals surface area contributed by atoms with Crippen molar-refractivity contribution >= 4 is 5.97 Å². The average Bonchev–Trinajstić information content (AvgIpc) is 2.60. The summed E-state index contributed by atoms with van der Waals surface area (Å²) in [6, 6.07) is 8.92. The van der Waals surface area contributed by atoms with Gasteiger partial charge in [0.25, 0.3) is 0 Å². The molecule has 0 bridgehead atoms. The van der Waals surface area contributed by atoms with Crippen LogP contribution in [0.2, 0.25) is 0 Å². The van der Waals surface area contributed by atoms with Crippen molar-refractivity contribution < 1.29 is 24.1 Å². The Labute approximate surface area is 158 Å². The Morgan fingerprint density at radius 3 is 2.70 bits per heavy atom. The number of aliphatic hydroxyl groups is 2. The Hall–Kier alpha value is -2.24. The van der Waals surface area contributed by atoms with E-state index in [1.165, 1.54) is 6.07 Å². The Balaban J connectivity index is 1.90. The smallest absolute Gasteiger partial charge is 0.308 e. The first-order chi connectivity index (χ1) is 12.9. The van der Waals surface area contributed by atoms with Crippen LogP contribution < -0.4 is 0 Å². The third-order valence-corrected chi connectivity index (χ3v) is 5.10. The quantitative estimate of drug-likeness (QED) is 0.787. The predicted octanol–water partition coefficient (Wildman–Crippen LogP) is 3.60. The highest BCUT2D eigenvalue weighted by molar-refractivity contribution is 5.71. The second kappa shape index (κ2) is 8.19. The summed E-state index contributed by atoms with van der Waals surface area (Å²) in [4.78, 5) is 11.6. The maximum Gasteiger partial charge on any atom is 0.308 e. The Morgan fingerprint density at radius 1 is 1.22 bits per heavy atom. The van der Waals surface area contributed by atoms with Gasteiger partial charge in [-0.25, -0.2) is 4.39 Å². The van der Waals surface area contributed by atoms with Crippen molar-refractivity contribution in [2.24, 2.45) is 0 Å². The second-order valence-corrected chi connectivity index (χ2v) is 7.32. The summed E-state index contributed by atoms with van der Waals surface area (Å²) in [5.74, 6) is -0.777. The van der Waals surface area contributed by atoms with Crippen molar-refractivity contribution in [1.29, 1.82) is 0 Å². The lowest BCUT2D eigenvalue weighted by molar-refractivity contribution is -0.160. The molecule has 144 valence electrons. The maximum absolute atomic E-state index is 13.8. The number of rotatable bonds is 5. The Bertz CT molecular complexity index is 846. The van der Waals surface area contributed by atoms with E-state index < -0.39 is 11.9 Å². The van der Waals surface area contributed by atoms with Crippen molar-refractivity contribution in [3.8, 4) is 11.1 Å². The highest BCUT2D eigenvalue weighted by Crippen LogP contribution is 2.31. The molecule has 3 rings (SSSR count). The molecule has 0 amide bonds. The summed E-state index contributed by atoms with van der Waals surface area (Å²) in [5.41, 5.74) is 5.42. The lowest BCUT2D eigenvalue weighted by Crippen LogP contribution is -2.32. The number of hydrogen-bond acceptors (Lipinski definition) is 4. The van der Waals surface area contributed by atoms with Gasteiger partial charge in [-0.2, -0.15) is 0 Å². The number of aliphatic hydroxyl groups excluding tert-OH is 2. The molecule has 1 aliphatic rings. The minimum Gasteiger partial charge on any atom is -0.462 e. The number of hydrogen-bond donors (Lipinski definition) is 2. The highest BCUT2D eigenvalue weighted by Gasteiger charge is 2.27. The van der Waals surface area contributed by atoms with Crippen molar-refractivity contribution in [2.75, 3.05) is 0 Å². The lowest BCUT2D eigenvalue weighted by Gasteiger charge is -2.26. The fourth-order valence-electron chi connectivity index (χ4n) is 3.79. The van der Waals surface area contributed by atoms with E-state index in [9.17, 15) is 19.4 Å². The largest absolute Gasteiger partial charge is 0.462 e. The summed E-state index contributed by atoms with van der Waals surface area (Å²) in [6.45, 7) is 3.69. The van der Waals surface area contributed by atoms with Gasteiger partial charge in [0.05, 0.1) is 19.1 Å². The van der Waals surface area contributed by atoms with E-state index >= 15 is 0 Å². The fourth-order valence-corrected chi connectivity index (χ4v) is 3.79. The van der Waals surface area contributed by atoms with Crippen LogP contribution in [-0.4, -0.2) is 28.4 Å². The number of halogens is 1. The normalized spacial score (nSPS) is 19.8. The first kappa shape index (κ1) is 19.5. The van der Waals surface area contributed by atoms with Crippen LogP contribution in [0.5, 0.6) is 0 Å². The van der Waals surface area contributed by atoms with E-state index in [0.29, 0.717) is 19.3 Å². The highest BCUT2D eigenvalue weighted by atomic mass is 19.1. The third-order valence-electron chi connectivity index (χ3n) is 5.10. The maximum atomic E-state index is 13.8. The molecule has 0 aliphatic carbocycles. The molecule has 2 aromatic rings. The zero-order valence-corrected chi connectivity index (χ0v) is 15.7. The van der Waals surface area contributed by atoms with Crippen molar-refractivity contribution in [1.82, 2.24) is 0 Å². The third kappa shape index (κ3) is 4.54. The van der Waals surface area contributed by atoms with Crippen LogP contribution in [0.1, 0.15) is 41.5 Å². The van der Waals surface area contributed by atoms with Gasteiger partial charge in [-0.05, 0) is 61.1 Å². The SMILES string of the molecule is Cc1cc(C)c(CC[C@H]2C[C@@H](O)CC(=O)O2)c(-c2ccc(F)c(CO)c2)c1. The summed E-state index contributed by atoms with van der Waals surface area (Å²) < 4.78 is 19.1. The van der Waals surface area contributed by atoms with Crippen molar-refractivity contribution in [3.05, 3.63) is 58.4 Å². The number of ether oxygens (including phenoxy) is 1. The molecule has 0 aromatic heterocycles. The number of esters is 1. The van der Waals surface area contributed by atoms with Crippen LogP contribution >= 0.6 is 0 Å². The molecular weight excluding hydrogens is 347 g/mol. The Kier molecular flexibility index (Phi) is 5.92. The molecule has 2 aromatic carbocycles. The average molecular weight is 372 g/mol. The monoisotopic (exact) mass is 372 g/mol. The standard InChI is InChI=1S/C22H25FO4/c1-13-7-14(2)19(5-4-18-10-17(25)11-22(26)27-18)20(8-13)15-3-6-21(23)16(9-15)12-24/h3,6-9,17-18,24-25H,4-5,10-12H2,1-2H3/t17-,18+/m1/s1. The van der Waals surface area contributed by atoms with Gasteiger partial charge < -0.3 is 14.9 Å². The van der Waals surface area contributed by atoms with E-state index in [4.69, 9.17) is 4.74 Å². The molecule has 1 saturated heterocycles. The number of cyclic esters (lactones) is 1. The molecule has 2 N–H and O–H groups in total. The molecule has 5 heteroatoms. The number of carbonyl (C=O) groups is 1. The topological polar surface area (TPSA) is 66.8 Å². The van der Waals surface area contributed by atoms with Crippen LogP contribution in [0.15, 0.2) is 30.3 Å². The minimum absolute atomic E-state index is 0.0603. The van der Waals surface area contributed by atoms with Crippen LogP contribution in [-0.2, 0) is 22.6 Å². The molecular formula is C22H25FO4. The van der Waals surface area contributed by atoms with Gasteiger partial charge >= 0.3 is 5.97 Å². The first-order valence-corrected chi connectivity index (χ1v) is 9.24. The molecule has 4 nitrogen and oxygen atoms in total. The zero-order valence-electron chi connectivity index (χ0n) is 15.7. The van der Waals surface area contributed by atoms with E-state index in [1.54, 1.807) is 12.1 Å². The molecule has 0 spiro atoms. The van der Waals surface area contributed by atoms with E-state index in [0.717, 1.165) is 27.8 Å². The second-order valence-electron chi connectivity index (χ2n) is 7.32. The van der Waals surface area contributed by atoms with E-state index in [1.807, 2.05) is 13.8 Å². The van der Waals surface area contributed by atoms with Gasteiger partial charge in [-0.15, -0.1) is 0 Å². The van der Waals surface area contributed by atoms with E-state index in [2.05, 4.69) is 12.1 Å². The first-order valence-electron chi connectivity index (χ1n) is 9.24. The molecule has 0 unspecified atom stereocenters. The van der Waals surface area contributed by atoms with Gasteiger partial charge in [0.2, 0.25) is 0 Å². The van der Waals surface area contributed by atoms with Gasteiger partial charge in [-0.1, -0.05) is 23.8 Å².